The number of benzene rings is 1. The van der Waals surface area contributed by atoms with E-state index in [0.29, 0.717) is 5.96 Å². The van der Waals surface area contributed by atoms with Gasteiger partial charge in [-0.05, 0) is 51.2 Å². The van der Waals surface area contributed by atoms with Gasteiger partial charge in [0.2, 0.25) is 0 Å². The number of anilines is 1. The average Bonchev–Trinajstić information content (AvgIpc) is 2.67. The van der Waals surface area contributed by atoms with Gasteiger partial charge in [-0.2, -0.15) is 0 Å². The largest absolute Gasteiger partial charge is 0.381 e. The van der Waals surface area contributed by atoms with Gasteiger partial charge in [0.1, 0.15) is 0 Å². The molecule has 0 saturated carbocycles. The first kappa shape index (κ1) is 22.5. The van der Waals surface area contributed by atoms with Crippen molar-refractivity contribution < 1.29 is 4.74 Å². The third kappa shape index (κ3) is 5.62. The number of aliphatic imine (C=N–C) groups is 1. The second-order valence-corrected chi connectivity index (χ2v) is 7.79. The molecule has 0 spiro atoms. The molecule has 2 aliphatic heterocycles. The summed E-state index contributed by atoms with van der Waals surface area (Å²) >= 11 is 5.98. The Kier molecular flexibility index (Phi) is 8.45. The Balaban J connectivity index is 0.00000261. The van der Waals surface area contributed by atoms with E-state index in [4.69, 9.17) is 27.1 Å². The van der Waals surface area contributed by atoms with Crippen molar-refractivity contribution in [1.29, 1.82) is 0 Å². The normalized spacial score (nSPS) is 20.5. The first-order chi connectivity index (χ1) is 12.5. The molecule has 3 rings (SSSR count). The summed E-state index contributed by atoms with van der Waals surface area (Å²) in [4.78, 5) is 11.6. The zero-order valence-corrected chi connectivity index (χ0v) is 19.3. The van der Waals surface area contributed by atoms with Crippen LogP contribution in [0, 0.1) is 0 Å². The second-order valence-electron chi connectivity index (χ2n) is 7.36. The molecule has 152 valence electrons. The number of nitrogens with two attached hydrogens (primary N) is 1. The lowest BCUT2D eigenvalue weighted by Crippen LogP contribution is -2.53. The Hall–Kier alpha value is -0.770. The summed E-state index contributed by atoms with van der Waals surface area (Å²) in [6, 6.07) is 8.02. The van der Waals surface area contributed by atoms with Gasteiger partial charge in [0, 0.05) is 55.6 Å². The molecule has 0 atom stereocenters. The molecular formula is C19H31ClIN5O. The van der Waals surface area contributed by atoms with Crippen molar-refractivity contribution >= 4 is 47.2 Å². The van der Waals surface area contributed by atoms with Gasteiger partial charge in [0.05, 0.1) is 6.54 Å². The Morgan fingerprint density at radius 3 is 2.30 bits per heavy atom. The van der Waals surface area contributed by atoms with Crippen LogP contribution in [0.1, 0.15) is 12.8 Å². The lowest BCUT2D eigenvalue weighted by molar-refractivity contribution is -0.00261. The van der Waals surface area contributed by atoms with E-state index >= 15 is 0 Å². The number of ether oxygens (including phenoxy) is 1. The molecule has 0 bridgehead atoms. The van der Waals surface area contributed by atoms with E-state index in [-0.39, 0.29) is 29.5 Å². The van der Waals surface area contributed by atoms with E-state index in [1.165, 1.54) is 5.69 Å². The van der Waals surface area contributed by atoms with Crippen LogP contribution in [0.3, 0.4) is 0 Å². The molecule has 0 radical (unpaired) electrons. The van der Waals surface area contributed by atoms with Crippen molar-refractivity contribution in [2.24, 2.45) is 10.7 Å². The van der Waals surface area contributed by atoms with Gasteiger partial charge in [-0.3, -0.25) is 4.99 Å². The Labute approximate surface area is 184 Å². The maximum atomic E-state index is 6.32. The zero-order chi connectivity index (χ0) is 18.6. The summed E-state index contributed by atoms with van der Waals surface area (Å²) in [5.41, 5.74) is 7.59. The van der Waals surface area contributed by atoms with Crippen molar-refractivity contribution in [2.75, 3.05) is 64.9 Å². The summed E-state index contributed by atoms with van der Waals surface area (Å²) in [6.07, 6.45) is 2.00. The lowest BCUT2D eigenvalue weighted by atomic mass is 9.89. The number of halogens is 2. The van der Waals surface area contributed by atoms with Crippen molar-refractivity contribution in [3.05, 3.63) is 29.3 Å². The van der Waals surface area contributed by atoms with E-state index in [9.17, 15) is 0 Å². The molecule has 0 amide bonds. The highest BCUT2D eigenvalue weighted by atomic mass is 127. The van der Waals surface area contributed by atoms with E-state index in [1.807, 2.05) is 12.1 Å². The van der Waals surface area contributed by atoms with Crippen LogP contribution in [0.2, 0.25) is 5.02 Å². The maximum absolute atomic E-state index is 6.32. The Morgan fingerprint density at radius 2 is 1.74 bits per heavy atom. The molecule has 0 unspecified atom stereocenters. The highest BCUT2D eigenvalue weighted by Gasteiger charge is 2.34. The average molecular weight is 508 g/mol. The number of nitrogens with zero attached hydrogens (tertiary/aromatic N) is 4. The van der Waals surface area contributed by atoms with Gasteiger partial charge in [0.15, 0.2) is 5.96 Å². The van der Waals surface area contributed by atoms with E-state index in [0.717, 1.165) is 63.8 Å². The van der Waals surface area contributed by atoms with E-state index < -0.39 is 0 Å². The van der Waals surface area contributed by atoms with E-state index in [1.54, 1.807) is 0 Å². The molecule has 1 aromatic rings. The molecule has 2 aliphatic rings. The quantitative estimate of drug-likeness (QED) is 0.386. The van der Waals surface area contributed by atoms with Crippen LogP contribution < -0.4 is 10.6 Å². The number of hydrogen-bond donors (Lipinski definition) is 1. The molecule has 0 aromatic heterocycles. The highest BCUT2D eigenvalue weighted by Crippen LogP contribution is 2.26. The predicted octanol–water partition coefficient (Wildman–Crippen LogP) is 2.51. The predicted molar refractivity (Wildman–Crippen MR) is 124 cm³/mol. The summed E-state index contributed by atoms with van der Waals surface area (Å²) in [5, 5.41) is 0.770. The second kappa shape index (κ2) is 10.1. The molecule has 27 heavy (non-hydrogen) atoms. The zero-order valence-electron chi connectivity index (χ0n) is 16.2. The first-order valence-corrected chi connectivity index (χ1v) is 9.68. The summed E-state index contributed by atoms with van der Waals surface area (Å²) in [5.74, 6) is 0.661. The van der Waals surface area contributed by atoms with Crippen LogP contribution in [-0.4, -0.2) is 81.3 Å². The van der Waals surface area contributed by atoms with Crippen LogP contribution in [0.15, 0.2) is 29.3 Å². The van der Waals surface area contributed by atoms with Crippen LogP contribution in [-0.2, 0) is 4.74 Å². The molecule has 2 heterocycles. The monoisotopic (exact) mass is 507 g/mol. The molecule has 1 aromatic carbocycles. The number of likely N-dealkylation sites (N-methyl/N-ethyl adjacent to an activating group) is 1. The van der Waals surface area contributed by atoms with Gasteiger partial charge in [-0.25, -0.2) is 0 Å². The molecule has 2 fully saturated rings. The number of piperazine rings is 1. The number of rotatable bonds is 4. The fourth-order valence-electron chi connectivity index (χ4n) is 3.67. The van der Waals surface area contributed by atoms with Crippen LogP contribution in [0.5, 0.6) is 0 Å². The standard InChI is InChI=1S/C19H30ClN5O.HI/c1-23(2)19(7-13-26-14-8-19)15-22-18(21)25-11-9-24(10-12-25)17-5-3-16(20)4-6-17;/h3-6H,7-15H2,1-2H3,(H2,21,22);1H. The summed E-state index contributed by atoms with van der Waals surface area (Å²) in [7, 11) is 4.25. The fraction of sp³-hybridized carbons (Fsp3) is 0.632. The van der Waals surface area contributed by atoms with Crippen molar-refractivity contribution in [1.82, 2.24) is 9.80 Å². The molecule has 2 N–H and O–H groups in total. The lowest BCUT2D eigenvalue weighted by Gasteiger charge is -2.42. The topological polar surface area (TPSA) is 57.3 Å². The fourth-order valence-corrected chi connectivity index (χ4v) is 3.80. The van der Waals surface area contributed by atoms with Gasteiger partial charge < -0.3 is 25.2 Å². The van der Waals surface area contributed by atoms with Crippen molar-refractivity contribution in [3.63, 3.8) is 0 Å². The van der Waals surface area contributed by atoms with Gasteiger partial charge in [0.25, 0.3) is 0 Å². The highest BCUT2D eigenvalue weighted by molar-refractivity contribution is 14.0. The maximum Gasteiger partial charge on any atom is 0.191 e. The summed E-state index contributed by atoms with van der Waals surface area (Å²) < 4.78 is 5.53. The van der Waals surface area contributed by atoms with Crippen molar-refractivity contribution in [2.45, 2.75) is 18.4 Å². The SMILES string of the molecule is CN(C)C1(CN=C(N)N2CCN(c3ccc(Cl)cc3)CC2)CCOCC1.I. The van der Waals surface area contributed by atoms with Gasteiger partial charge >= 0.3 is 0 Å². The third-order valence-electron chi connectivity index (χ3n) is 5.70. The Morgan fingerprint density at radius 1 is 1.15 bits per heavy atom. The molecular weight excluding hydrogens is 477 g/mol. The molecule has 6 nitrogen and oxygen atoms in total. The minimum Gasteiger partial charge on any atom is -0.381 e. The van der Waals surface area contributed by atoms with Gasteiger partial charge in [-0.1, -0.05) is 11.6 Å². The smallest absolute Gasteiger partial charge is 0.191 e. The van der Waals surface area contributed by atoms with Crippen molar-refractivity contribution in [3.8, 4) is 0 Å². The first-order valence-electron chi connectivity index (χ1n) is 9.31. The molecule has 8 heteroatoms. The number of hydrogen-bond acceptors (Lipinski definition) is 4. The molecule has 0 aliphatic carbocycles. The van der Waals surface area contributed by atoms with Crippen LogP contribution >= 0.6 is 35.6 Å². The van der Waals surface area contributed by atoms with Crippen LogP contribution in [0.25, 0.3) is 0 Å². The van der Waals surface area contributed by atoms with Gasteiger partial charge in [-0.15, -0.1) is 24.0 Å². The Bertz CT molecular complexity index is 611. The number of guanidine groups is 1. The van der Waals surface area contributed by atoms with Crippen LogP contribution in [0.4, 0.5) is 5.69 Å². The minimum atomic E-state index is 0. The molecule has 2 saturated heterocycles. The summed E-state index contributed by atoms with van der Waals surface area (Å²) in [6.45, 7) is 5.97. The van der Waals surface area contributed by atoms with E-state index in [2.05, 4.69) is 40.9 Å². The minimum absolute atomic E-state index is 0. The third-order valence-corrected chi connectivity index (χ3v) is 5.95.